The molecule has 188 valence electrons. The van der Waals surface area contributed by atoms with Gasteiger partial charge in [-0.15, -0.1) is 11.8 Å². The lowest BCUT2D eigenvalue weighted by Crippen LogP contribution is -2.34. The molecule has 33 heavy (non-hydrogen) atoms. The number of amides is 1. The van der Waals surface area contributed by atoms with E-state index in [1.165, 1.54) is 41.7 Å². The zero-order chi connectivity index (χ0) is 24.8. The fourth-order valence-corrected chi connectivity index (χ4v) is 7.39. The molecule has 0 radical (unpaired) electrons. The summed E-state index contributed by atoms with van der Waals surface area (Å²) in [6.07, 6.45) is 6.33. The fourth-order valence-electron chi connectivity index (χ4n) is 4.19. The molecule has 2 rings (SSSR count). The van der Waals surface area contributed by atoms with Gasteiger partial charge in [-0.1, -0.05) is 60.5 Å². The highest BCUT2D eigenvalue weighted by Crippen LogP contribution is 2.43. The summed E-state index contributed by atoms with van der Waals surface area (Å²) in [4.78, 5) is 15.3. The summed E-state index contributed by atoms with van der Waals surface area (Å²) >= 11 is 4.24. The summed E-state index contributed by atoms with van der Waals surface area (Å²) in [6.45, 7) is 17.4. The highest BCUT2D eigenvalue weighted by atomic mass is 32.2. The van der Waals surface area contributed by atoms with E-state index in [2.05, 4.69) is 108 Å². The third-order valence-corrected chi connectivity index (χ3v) is 9.66. The molecule has 1 aromatic carbocycles. The van der Waals surface area contributed by atoms with Crippen LogP contribution in [0.1, 0.15) is 91.7 Å². The van der Waals surface area contributed by atoms with E-state index in [0.29, 0.717) is 15.7 Å². The molecule has 1 amide bonds. The molecule has 0 aromatic heterocycles. The van der Waals surface area contributed by atoms with Gasteiger partial charge in [-0.3, -0.25) is 4.79 Å². The van der Waals surface area contributed by atoms with Gasteiger partial charge in [0.2, 0.25) is 5.91 Å². The number of carbonyl (C=O) groups is 1. The summed E-state index contributed by atoms with van der Waals surface area (Å²) in [7, 11) is 4.27. The molecule has 0 heterocycles. The maximum Gasteiger partial charge on any atom is 0.216 e. The molecule has 1 fully saturated rings. The highest BCUT2D eigenvalue weighted by molar-refractivity contribution is 8.04. The Morgan fingerprint density at radius 3 is 2.03 bits per heavy atom. The zero-order valence-corrected chi connectivity index (χ0v) is 24.2. The van der Waals surface area contributed by atoms with Crippen molar-refractivity contribution in [3.8, 4) is 0 Å². The van der Waals surface area contributed by atoms with Crippen LogP contribution in [0.25, 0.3) is 0 Å². The van der Waals surface area contributed by atoms with E-state index in [1.54, 1.807) is 6.92 Å². The summed E-state index contributed by atoms with van der Waals surface area (Å²) in [6, 6.07) is 7.30. The maximum absolute atomic E-state index is 11.6. The van der Waals surface area contributed by atoms with Crippen LogP contribution < -0.4 is 5.32 Å². The first-order valence-corrected chi connectivity index (χ1v) is 14.5. The lowest BCUT2D eigenvalue weighted by molar-refractivity contribution is -0.118. The zero-order valence-electron chi connectivity index (χ0n) is 22.6. The minimum atomic E-state index is 0.0775. The van der Waals surface area contributed by atoms with E-state index in [0.717, 1.165) is 19.5 Å². The number of rotatable bonds is 9. The van der Waals surface area contributed by atoms with Gasteiger partial charge in [-0.2, -0.15) is 11.8 Å². The largest absolute Gasteiger partial charge is 0.355 e. The standard InChI is InChI=1S/C28H48N2OS2/c1-20(31)29-19-23(14-15-30(8)9)32-25-12-10-11-13-26(25)33-24-17-21(27(2,3)4)16-22(18-24)28(5,6)7/h16-18,23,25-26H,10-15,19H2,1-9H3,(H,29,31). The molecule has 1 aliphatic rings. The molecule has 0 bridgehead atoms. The van der Waals surface area contributed by atoms with E-state index >= 15 is 0 Å². The second-order valence-electron chi connectivity index (χ2n) is 12.0. The monoisotopic (exact) mass is 492 g/mol. The van der Waals surface area contributed by atoms with E-state index < -0.39 is 0 Å². The number of hydrogen-bond donors (Lipinski definition) is 1. The first kappa shape index (κ1) is 28.6. The number of benzene rings is 1. The topological polar surface area (TPSA) is 32.3 Å². The average molecular weight is 493 g/mol. The Bertz CT molecular complexity index is 732. The first-order chi connectivity index (χ1) is 15.3. The third-order valence-electron chi connectivity index (χ3n) is 6.41. The maximum atomic E-state index is 11.6. The van der Waals surface area contributed by atoms with Crippen molar-refractivity contribution < 1.29 is 4.79 Å². The van der Waals surface area contributed by atoms with Gasteiger partial charge in [0.25, 0.3) is 0 Å². The SMILES string of the molecule is CC(=O)NCC(CCN(C)C)SC1CCCCC1Sc1cc(C(C)(C)C)cc(C(C)(C)C)c1. The molecule has 3 nitrogen and oxygen atoms in total. The lowest BCUT2D eigenvalue weighted by atomic mass is 9.81. The molecule has 1 aromatic rings. The Labute approximate surface area is 212 Å². The van der Waals surface area contributed by atoms with Crippen LogP contribution in [-0.4, -0.2) is 53.7 Å². The smallest absolute Gasteiger partial charge is 0.216 e. The van der Waals surface area contributed by atoms with E-state index in [1.807, 2.05) is 0 Å². The highest BCUT2D eigenvalue weighted by Gasteiger charge is 2.30. The predicted molar refractivity (Wildman–Crippen MR) is 149 cm³/mol. The molecule has 1 aliphatic carbocycles. The van der Waals surface area contributed by atoms with Crippen LogP contribution in [0.2, 0.25) is 0 Å². The molecule has 5 heteroatoms. The van der Waals surface area contributed by atoms with Crippen molar-refractivity contribution in [2.45, 2.75) is 112 Å². The van der Waals surface area contributed by atoms with Crippen molar-refractivity contribution in [1.29, 1.82) is 0 Å². The Kier molecular flexibility index (Phi) is 10.7. The Morgan fingerprint density at radius 1 is 1.00 bits per heavy atom. The fraction of sp³-hybridized carbons (Fsp3) is 0.750. The minimum Gasteiger partial charge on any atom is -0.355 e. The number of thioether (sulfide) groups is 2. The minimum absolute atomic E-state index is 0.0775. The Morgan fingerprint density at radius 2 is 1.55 bits per heavy atom. The lowest BCUT2D eigenvalue weighted by Gasteiger charge is -2.34. The van der Waals surface area contributed by atoms with Gasteiger partial charge >= 0.3 is 0 Å². The van der Waals surface area contributed by atoms with Crippen molar-refractivity contribution >= 4 is 29.4 Å². The second kappa shape index (κ2) is 12.4. The number of hydrogen-bond acceptors (Lipinski definition) is 4. The normalized spacial score (nSPS) is 20.7. The molecule has 0 aliphatic heterocycles. The molecule has 3 unspecified atom stereocenters. The third kappa shape index (κ3) is 9.85. The number of nitrogens with one attached hydrogen (secondary N) is 1. The van der Waals surface area contributed by atoms with Crippen molar-refractivity contribution in [2.24, 2.45) is 0 Å². The van der Waals surface area contributed by atoms with Crippen LogP contribution in [-0.2, 0) is 15.6 Å². The molecule has 1 N–H and O–H groups in total. The van der Waals surface area contributed by atoms with E-state index in [4.69, 9.17) is 0 Å². The summed E-state index contributed by atoms with van der Waals surface area (Å²) < 4.78 is 0. The van der Waals surface area contributed by atoms with Crippen LogP contribution >= 0.6 is 23.5 Å². The molecule has 0 spiro atoms. The van der Waals surface area contributed by atoms with Crippen molar-refractivity contribution in [2.75, 3.05) is 27.2 Å². The molecular formula is C28H48N2OS2. The van der Waals surface area contributed by atoms with Crippen LogP contribution in [0.5, 0.6) is 0 Å². The van der Waals surface area contributed by atoms with Gasteiger partial charge in [-0.25, -0.2) is 0 Å². The van der Waals surface area contributed by atoms with Gasteiger partial charge in [0.05, 0.1) is 0 Å². The quantitative estimate of drug-likeness (QED) is 0.407. The average Bonchev–Trinajstić information content (AvgIpc) is 2.69. The van der Waals surface area contributed by atoms with Crippen molar-refractivity contribution in [3.05, 3.63) is 29.3 Å². The van der Waals surface area contributed by atoms with Crippen LogP contribution in [0.3, 0.4) is 0 Å². The molecular weight excluding hydrogens is 444 g/mol. The van der Waals surface area contributed by atoms with Crippen LogP contribution in [0, 0.1) is 0 Å². The molecule has 1 saturated carbocycles. The number of carbonyl (C=O) groups excluding carboxylic acids is 1. The summed E-state index contributed by atoms with van der Waals surface area (Å²) in [5.41, 5.74) is 3.17. The van der Waals surface area contributed by atoms with Gasteiger partial charge in [0.15, 0.2) is 0 Å². The van der Waals surface area contributed by atoms with E-state index in [-0.39, 0.29) is 16.7 Å². The van der Waals surface area contributed by atoms with Gasteiger partial charge in [0.1, 0.15) is 0 Å². The first-order valence-electron chi connectivity index (χ1n) is 12.6. The van der Waals surface area contributed by atoms with E-state index in [9.17, 15) is 4.79 Å². The molecule has 0 saturated heterocycles. The van der Waals surface area contributed by atoms with Gasteiger partial charge in [-0.05, 0) is 74.0 Å². The summed E-state index contributed by atoms with van der Waals surface area (Å²) in [5, 5.41) is 4.82. The van der Waals surface area contributed by atoms with Gasteiger partial charge < -0.3 is 10.2 Å². The Balaban J connectivity index is 2.22. The van der Waals surface area contributed by atoms with Crippen LogP contribution in [0.4, 0.5) is 0 Å². The summed E-state index contributed by atoms with van der Waals surface area (Å²) in [5.74, 6) is 0.0775. The Hall–Kier alpha value is -0.650. The van der Waals surface area contributed by atoms with Crippen molar-refractivity contribution in [3.63, 3.8) is 0 Å². The van der Waals surface area contributed by atoms with Gasteiger partial charge in [0, 0.05) is 34.1 Å². The second-order valence-corrected chi connectivity index (χ2v) is 14.9. The number of nitrogens with zero attached hydrogens (tertiary/aromatic N) is 1. The van der Waals surface area contributed by atoms with Crippen LogP contribution in [0.15, 0.2) is 23.1 Å². The molecule has 3 atom stereocenters. The van der Waals surface area contributed by atoms with Crippen molar-refractivity contribution in [1.82, 2.24) is 10.2 Å². The predicted octanol–water partition coefficient (Wildman–Crippen LogP) is 6.87.